The summed E-state index contributed by atoms with van der Waals surface area (Å²) in [6, 6.07) is 4.03. The van der Waals surface area contributed by atoms with Gasteiger partial charge in [0.05, 0.1) is 18.8 Å². The molecule has 1 aliphatic heterocycles. The number of thiophene rings is 1. The second kappa shape index (κ2) is 11.7. The highest BCUT2D eigenvalue weighted by Crippen LogP contribution is 2.20. The molecule has 5 nitrogen and oxygen atoms in total. The molecule has 2 atom stereocenters. The molecular weight excluding hydrogens is 362 g/mol. The highest BCUT2D eigenvalue weighted by atomic mass is 32.1. The van der Waals surface area contributed by atoms with Gasteiger partial charge in [-0.3, -0.25) is 9.59 Å². The average molecular weight is 392 g/mol. The van der Waals surface area contributed by atoms with E-state index in [4.69, 9.17) is 4.74 Å². The van der Waals surface area contributed by atoms with Gasteiger partial charge in [0.15, 0.2) is 0 Å². The second-order valence-corrected chi connectivity index (χ2v) is 7.59. The lowest BCUT2D eigenvalue weighted by atomic mass is 10.1. The molecule has 148 valence electrons. The van der Waals surface area contributed by atoms with E-state index in [1.165, 1.54) is 0 Å². The molecule has 0 saturated carbocycles. The first-order chi connectivity index (χ1) is 13.1. The van der Waals surface area contributed by atoms with Gasteiger partial charge in [-0.15, -0.1) is 11.3 Å². The van der Waals surface area contributed by atoms with E-state index in [9.17, 15) is 14.7 Å². The van der Waals surface area contributed by atoms with Crippen LogP contribution >= 0.6 is 11.3 Å². The van der Waals surface area contributed by atoms with Crippen LogP contribution < -0.4 is 0 Å². The van der Waals surface area contributed by atoms with Crippen LogP contribution in [0.3, 0.4) is 0 Å². The summed E-state index contributed by atoms with van der Waals surface area (Å²) in [6.45, 7) is 2.79. The number of carbonyl (C=O) groups excluding carboxylic acids is 2. The van der Waals surface area contributed by atoms with Crippen LogP contribution in [-0.2, 0) is 20.7 Å². The number of unbranched alkanes of at least 4 members (excludes halogenated alkanes) is 1. The predicted molar refractivity (Wildman–Crippen MR) is 108 cm³/mol. The zero-order valence-electron chi connectivity index (χ0n) is 15.9. The molecule has 2 unspecified atom stereocenters. The largest absolute Gasteiger partial charge is 0.466 e. The Morgan fingerprint density at radius 3 is 3.07 bits per heavy atom. The molecule has 1 aromatic heterocycles. The Morgan fingerprint density at radius 1 is 1.48 bits per heavy atom. The van der Waals surface area contributed by atoms with Crippen molar-refractivity contribution in [2.24, 2.45) is 0 Å². The molecule has 1 fully saturated rings. The van der Waals surface area contributed by atoms with Crippen LogP contribution in [0.2, 0.25) is 0 Å². The minimum absolute atomic E-state index is 0.0414. The lowest BCUT2D eigenvalue weighted by Gasteiger charge is -2.21. The molecule has 0 radical (unpaired) electrons. The zero-order chi connectivity index (χ0) is 19.5. The van der Waals surface area contributed by atoms with Gasteiger partial charge in [-0.1, -0.05) is 30.4 Å². The third kappa shape index (κ3) is 7.69. The molecule has 1 N–H and O–H groups in total. The molecule has 0 aliphatic carbocycles. The summed E-state index contributed by atoms with van der Waals surface area (Å²) in [7, 11) is 0. The molecule has 0 aromatic carbocycles. The zero-order valence-corrected chi connectivity index (χ0v) is 16.7. The maximum absolute atomic E-state index is 12.1. The number of likely N-dealkylation sites (tertiary alicyclic amines) is 1. The van der Waals surface area contributed by atoms with Gasteiger partial charge in [0, 0.05) is 30.7 Å². The number of ether oxygens (including phenoxy) is 1. The van der Waals surface area contributed by atoms with Crippen molar-refractivity contribution in [3.05, 3.63) is 46.7 Å². The van der Waals surface area contributed by atoms with Crippen molar-refractivity contribution in [1.82, 2.24) is 4.90 Å². The van der Waals surface area contributed by atoms with E-state index < -0.39 is 6.10 Å². The minimum atomic E-state index is -0.528. The smallest absolute Gasteiger partial charge is 0.305 e. The Bertz CT molecular complexity index is 639. The Hall–Kier alpha value is -1.92. The summed E-state index contributed by atoms with van der Waals surface area (Å²) in [5.41, 5.74) is 0. The van der Waals surface area contributed by atoms with Crippen LogP contribution in [0, 0.1) is 0 Å². The maximum Gasteiger partial charge on any atom is 0.305 e. The summed E-state index contributed by atoms with van der Waals surface area (Å²) in [5, 5.41) is 12.2. The van der Waals surface area contributed by atoms with Gasteiger partial charge in [0.2, 0.25) is 5.91 Å². The quantitative estimate of drug-likeness (QED) is 0.356. The maximum atomic E-state index is 12.1. The first-order valence-electron chi connectivity index (χ1n) is 9.59. The van der Waals surface area contributed by atoms with Crippen LogP contribution in [0.1, 0.15) is 43.9 Å². The van der Waals surface area contributed by atoms with E-state index in [2.05, 4.69) is 0 Å². The molecular formula is C21H29NO4S. The van der Waals surface area contributed by atoms with Crippen molar-refractivity contribution in [3.8, 4) is 0 Å². The molecule has 27 heavy (non-hydrogen) atoms. The monoisotopic (exact) mass is 391 g/mol. The fraction of sp³-hybridized carbons (Fsp3) is 0.524. The predicted octanol–water partition coefficient (Wildman–Crippen LogP) is 3.49. The fourth-order valence-corrected chi connectivity index (χ4v) is 3.81. The number of hydrogen-bond donors (Lipinski definition) is 1. The van der Waals surface area contributed by atoms with E-state index in [0.29, 0.717) is 32.4 Å². The number of nitrogens with zero attached hydrogens (tertiary/aromatic N) is 1. The van der Waals surface area contributed by atoms with Gasteiger partial charge in [-0.2, -0.15) is 0 Å². The second-order valence-electron chi connectivity index (χ2n) is 6.56. The van der Waals surface area contributed by atoms with Gasteiger partial charge in [0.25, 0.3) is 0 Å². The molecule has 1 saturated heterocycles. The molecule has 2 rings (SSSR count). The SMILES string of the molecule is CCOC(=O)CCC/C=C\CN1C(=O)CCC1/C=C/C(O)Cc1cccs1. The number of esters is 1. The van der Waals surface area contributed by atoms with Crippen LogP contribution in [0.5, 0.6) is 0 Å². The highest BCUT2D eigenvalue weighted by molar-refractivity contribution is 7.09. The normalized spacial score (nSPS) is 18.7. The third-order valence-electron chi connectivity index (χ3n) is 4.45. The van der Waals surface area contributed by atoms with Crippen LogP contribution in [0.15, 0.2) is 41.8 Å². The average Bonchev–Trinajstić information content (AvgIpc) is 3.26. The Labute approximate surface area is 165 Å². The van der Waals surface area contributed by atoms with Crippen LogP contribution in [-0.4, -0.2) is 47.2 Å². The number of amides is 1. The Kier molecular flexibility index (Phi) is 9.28. The van der Waals surface area contributed by atoms with Gasteiger partial charge in [-0.05, 0) is 37.6 Å². The molecule has 6 heteroatoms. The van der Waals surface area contributed by atoms with E-state index in [0.717, 1.165) is 24.1 Å². The number of allylic oxidation sites excluding steroid dienone is 1. The fourth-order valence-electron chi connectivity index (χ4n) is 3.06. The van der Waals surface area contributed by atoms with Gasteiger partial charge >= 0.3 is 5.97 Å². The summed E-state index contributed by atoms with van der Waals surface area (Å²) in [5.74, 6) is -0.0134. The van der Waals surface area contributed by atoms with Crippen molar-refractivity contribution in [2.45, 2.75) is 57.6 Å². The standard InChI is InChI=1S/C21H29NO4S/c1-2-26-21(25)9-5-3-4-6-14-22-17(11-13-20(22)24)10-12-18(23)16-19-8-7-15-27-19/h4,6-8,10,12,15,17-18,23H,2-3,5,9,11,13-14,16H2,1H3/b6-4-,12-10+. The van der Waals surface area contributed by atoms with Crippen molar-refractivity contribution >= 4 is 23.2 Å². The van der Waals surface area contributed by atoms with E-state index in [1.807, 2.05) is 40.6 Å². The Morgan fingerprint density at radius 2 is 2.33 bits per heavy atom. The number of carbonyl (C=O) groups is 2. The highest BCUT2D eigenvalue weighted by Gasteiger charge is 2.28. The van der Waals surface area contributed by atoms with Crippen LogP contribution in [0.25, 0.3) is 0 Å². The van der Waals surface area contributed by atoms with E-state index >= 15 is 0 Å². The van der Waals surface area contributed by atoms with E-state index in [-0.39, 0.29) is 17.9 Å². The molecule has 1 aromatic rings. The van der Waals surface area contributed by atoms with E-state index in [1.54, 1.807) is 24.3 Å². The number of aliphatic hydroxyl groups excluding tert-OH is 1. The summed E-state index contributed by atoms with van der Waals surface area (Å²) >= 11 is 1.64. The summed E-state index contributed by atoms with van der Waals surface area (Å²) in [6.07, 6.45) is 11.1. The minimum Gasteiger partial charge on any atom is -0.466 e. The third-order valence-corrected chi connectivity index (χ3v) is 5.34. The van der Waals surface area contributed by atoms with Crippen molar-refractivity contribution in [2.75, 3.05) is 13.2 Å². The topological polar surface area (TPSA) is 66.8 Å². The number of rotatable bonds is 11. The van der Waals surface area contributed by atoms with Crippen molar-refractivity contribution in [3.63, 3.8) is 0 Å². The molecule has 1 amide bonds. The lowest BCUT2D eigenvalue weighted by Crippen LogP contribution is -2.32. The van der Waals surface area contributed by atoms with Crippen LogP contribution in [0.4, 0.5) is 0 Å². The summed E-state index contributed by atoms with van der Waals surface area (Å²) in [4.78, 5) is 26.4. The number of aliphatic hydroxyl groups is 1. The molecule has 1 aliphatic rings. The van der Waals surface area contributed by atoms with Crippen molar-refractivity contribution in [1.29, 1.82) is 0 Å². The molecule has 0 bridgehead atoms. The van der Waals surface area contributed by atoms with Gasteiger partial charge in [-0.25, -0.2) is 0 Å². The van der Waals surface area contributed by atoms with Gasteiger partial charge in [0.1, 0.15) is 0 Å². The summed E-state index contributed by atoms with van der Waals surface area (Å²) < 4.78 is 4.89. The molecule has 0 spiro atoms. The first kappa shape index (κ1) is 21.4. The molecule has 2 heterocycles. The lowest BCUT2D eigenvalue weighted by molar-refractivity contribution is -0.143. The number of hydrogen-bond acceptors (Lipinski definition) is 5. The van der Waals surface area contributed by atoms with Crippen molar-refractivity contribution < 1.29 is 19.4 Å². The van der Waals surface area contributed by atoms with Gasteiger partial charge < -0.3 is 14.7 Å². The first-order valence-corrected chi connectivity index (χ1v) is 10.5. The Balaban J connectivity index is 1.73.